The summed E-state index contributed by atoms with van der Waals surface area (Å²) in [6.45, 7) is 5.00. The molecule has 2 fully saturated rings. The molecule has 0 atom stereocenters. The Hall–Kier alpha value is -1.00. The maximum atomic E-state index is 12.7. The maximum absolute atomic E-state index is 12.7. The molecule has 0 spiro atoms. The first kappa shape index (κ1) is 14.9. The largest absolute Gasteiger partial charge is 0.355 e. The standard InChI is InChI=1S/C17H24N2OS/c1-13-4-6-15(7-5-13)21-17(8-2-3-9-17)16(20)19-12-14-10-18-11-14/h4-7,14,18H,2-3,8-12H2,1H3,(H,19,20). The lowest BCUT2D eigenvalue weighted by Crippen LogP contribution is -2.51. The van der Waals surface area contributed by atoms with Gasteiger partial charge in [0.1, 0.15) is 0 Å². The van der Waals surface area contributed by atoms with Crippen LogP contribution in [0.3, 0.4) is 0 Å². The number of hydrogen-bond acceptors (Lipinski definition) is 3. The Labute approximate surface area is 131 Å². The highest BCUT2D eigenvalue weighted by Crippen LogP contribution is 2.45. The molecule has 1 aromatic rings. The molecular weight excluding hydrogens is 280 g/mol. The Morgan fingerprint density at radius 3 is 2.52 bits per heavy atom. The van der Waals surface area contributed by atoms with E-state index in [9.17, 15) is 4.79 Å². The number of carbonyl (C=O) groups is 1. The molecule has 1 heterocycles. The molecular formula is C17H24N2OS. The molecule has 3 rings (SSSR count). The van der Waals surface area contributed by atoms with Gasteiger partial charge in [0.15, 0.2) is 0 Å². The molecule has 0 unspecified atom stereocenters. The number of amides is 1. The summed E-state index contributed by atoms with van der Waals surface area (Å²) in [7, 11) is 0. The van der Waals surface area contributed by atoms with Gasteiger partial charge in [-0.2, -0.15) is 0 Å². The van der Waals surface area contributed by atoms with Crippen LogP contribution >= 0.6 is 11.8 Å². The molecule has 1 saturated heterocycles. The van der Waals surface area contributed by atoms with Crippen molar-refractivity contribution in [2.45, 2.75) is 42.2 Å². The lowest BCUT2D eigenvalue weighted by Gasteiger charge is -2.31. The van der Waals surface area contributed by atoms with Gasteiger partial charge in [-0.25, -0.2) is 0 Å². The van der Waals surface area contributed by atoms with Crippen molar-refractivity contribution in [1.82, 2.24) is 10.6 Å². The first-order valence-electron chi connectivity index (χ1n) is 7.93. The summed E-state index contributed by atoms with van der Waals surface area (Å²) in [6, 6.07) is 8.54. The highest BCUT2D eigenvalue weighted by atomic mass is 32.2. The molecule has 3 nitrogen and oxygen atoms in total. The molecule has 0 radical (unpaired) electrons. The summed E-state index contributed by atoms with van der Waals surface area (Å²) in [5.41, 5.74) is 1.27. The molecule has 1 saturated carbocycles. The van der Waals surface area contributed by atoms with E-state index in [4.69, 9.17) is 0 Å². The smallest absolute Gasteiger partial charge is 0.236 e. The van der Waals surface area contributed by atoms with Crippen LogP contribution in [0.4, 0.5) is 0 Å². The topological polar surface area (TPSA) is 41.1 Å². The Bertz CT molecular complexity index is 490. The van der Waals surface area contributed by atoms with Gasteiger partial charge in [-0.05, 0) is 31.9 Å². The first-order chi connectivity index (χ1) is 10.2. The van der Waals surface area contributed by atoms with Crippen LogP contribution in [0.1, 0.15) is 31.2 Å². The minimum absolute atomic E-state index is 0.244. The van der Waals surface area contributed by atoms with Gasteiger partial charge in [-0.3, -0.25) is 4.79 Å². The lowest BCUT2D eigenvalue weighted by atomic mass is 10.0. The van der Waals surface area contributed by atoms with Crippen LogP contribution in [0.5, 0.6) is 0 Å². The summed E-state index contributed by atoms with van der Waals surface area (Å²) in [5.74, 6) is 0.870. The lowest BCUT2D eigenvalue weighted by molar-refractivity contribution is -0.123. The summed E-state index contributed by atoms with van der Waals surface area (Å²) >= 11 is 1.77. The predicted octanol–water partition coefficient (Wildman–Crippen LogP) is 2.74. The molecule has 2 N–H and O–H groups in total. The van der Waals surface area contributed by atoms with E-state index in [1.807, 2.05) is 0 Å². The average molecular weight is 304 g/mol. The van der Waals surface area contributed by atoms with E-state index in [1.165, 1.54) is 10.5 Å². The van der Waals surface area contributed by atoms with Gasteiger partial charge >= 0.3 is 0 Å². The molecule has 1 aliphatic heterocycles. The molecule has 0 bridgehead atoms. The van der Waals surface area contributed by atoms with Crippen molar-refractivity contribution in [3.8, 4) is 0 Å². The van der Waals surface area contributed by atoms with Crippen LogP contribution in [0.25, 0.3) is 0 Å². The molecule has 1 aliphatic carbocycles. The Kier molecular flexibility index (Phi) is 4.55. The fourth-order valence-corrected chi connectivity index (χ4v) is 4.43. The van der Waals surface area contributed by atoms with E-state index < -0.39 is 0 Å². The van der Waals surface area contributed by atoms with Crippen LogP contribution in [0, 0.1) is 12.8 Å². The zero-order valence-corrected chi connectivity index (χ0v) is 13.5. The number of rotatable bonds is 5. The van der Waals surface area contributed by atoms with Crippen LogP contribution in [0.15, 0.2) is 29.2 Å². The van der Waals surface area contributed by atoms with E-state index in [1.54, 1.807) is 11.8 Å². The zero-order valence-electron chi connectivity index (χ0n) is 12.7. The molecule has 114 valence electrons. The van der Waals surface area contributed by atoms with Crippen molar-refractivity contribution < 1.29 is 4.79 Å². The summed E-state index contributed by atoms with van der Waals surface area (Å²) in [6.07, 6.45) is 4.33. The van der Waals surface area contributed by atoms with Crippen molar-refractivity contribution in [3.05, 3.63) is 29.8 Å². The fourth-order valence-electron chi connectivity index (χ4n) is 3.04. The Morgan fingerprint density at radius 2 is 1.95 bits per heavy atom. The summed E-state index contributed by atoms with van der Waals surface area (Å²) < 4.78 is -0.244. The van der Waals surface area contributed by atoms with Crippen LogP contribution in [-0.4, -0.2) is 30.3 Å². The van der Waals surface area contributed by atoms with E-state index in [2.05, 4.69) is 41.8 Å². The van der Waals surface area contributed by atoms with E-state index in [-0.39, 0.29) is 10.7 Å². The molecule has 21 heavy (non-hydrogen) atoms. The highest BCUT2D eigenvalue weighted by molar-refractivity contribution is 8.01. The maximum Gasteiger partial charge on any atom is 0.236 e. The van der Waals surface area contributed by atoms with Gasteiger partial charge in [-0.15, -0.1) is 11.8 Å². The van der Waals surface area contributed by atoms with E-state index in [0.717, 1.165) is 45.3 Å². The van der Waals surface area contributed by atoms with Gasteiger partial charge in [-0.1, -0.05) is 30.5 Å². The number of thioether (sulfide) groups is 1. The average Bonchev–Trinajstić information content (AvgIpc) is 2.89. The van der Waals surface area contributed by atoms with Gasteiger partial charge in [0.2, 0.25) is 5.91 Å². The molecule has 2 aliphatic rings. The third kappa shape index (κ3) is 3.43. The van der Waals surface area contributed by atoms with Crippen LogP contribution in [-0.2, 0) is 4.79 Å². The predicted molar refractivity (Wildman–Crippen MR) is 87.6 cm³/mol. The SMILES string of the molecule is Cc1ccc(SC2(C(=O)NCC3CNC3)CCCC2)cc1. The Balaban J connectivity index is 1.66. The van der Waals surface area contributed by atoms with E-state index in [0.29, 0.717) is 5.92 Å². The third-order valence-electron chi connectivity index (χ3n) is 4.58. The van der Waals surface area contributed by atoms with Crippen LogP contribution in [0.2, 0.25) is 0 Å². The normalized spacial score (nSPS) is 21.0. The third-order valence-corrected chi connectivity index (χ3v) is 6.07. The number of aryl methyl sites for hydroxylation is 1. The fraction of sp³-hybridized carbons (Fsp3) is 0.588. The second-order valence-corrected chi connectivity index (χ2v) is 7.81. The van der Waals surface area contributed by atoms with E-state index >= 15 is 0 Å². The van der Waals surface area contributed by atoms with Crippen LogP contribution < -0.4 is 10.6 Å². The van der Waals surface area contributed by atoms with Crippen molar-refractivity contribution in [2.75, 3.05) is 19.6 Å². The van der Waals surface area contributed by atoms with Gasteiger partial charge in [0.25, 0.3) is 0 Å². The highest BCUT2D eigenvalue weighted by Gasteiger charge is 2.42. The van der Waals surface area contributed by atoms with Crippen molar-refractivity contribution >= 4 is 17.7 Å². The molecule has 0 aromatic heterocycles. The Morgan fingerprint density at radius 1 is 1.29 bits per heavy atom. The number of benzene rings is 1. The van der Waals surface area contributed by atoms with Gasteiger partial charge in [0, 0.05) is 30.4 Å². The molecule has 1 aromatic carbocycles. The second-order valence-electron chi connectivity index (χ2n) is 6.35. The second kappa shape index (κ2) is 6.41. The zero-order chi connectivity index (χ0) is 14.7. The monoisotopic (exact) mass is 304 g/mol. The first-order valence-corrected chi connectivity index (χ1v) is 8.74. The molecule has 4 heteroatoms. The van der Waals surface area contributed by atoms with Gasteiger partial charge in [0.05, 0.1) is 4.75 Å². The van der Waals surface area contributed by atoms with Crippen molar-refractivity contribution in [2.24, 2.45) is 5.92 Å². The minimum Gasteiger partial charge on any atom is -0.355 e. The minimum atomic E-state index is -0.244. The quantitative estimate of drug-likeness (QED) is 0.879. The number of carbonyl (C=O) groups excluding carboxylic acids is 1. The number of hydrogen-bond donors (Lipinski definition) is 2. The van der Waals surface area contributed by atoms with Crippen molar-refractivity contribution in [1.29, 1.82) is 0 Å². The van der Waals surface area contributed by atoms with Gasteiger partial charge < -0.3 is 10.6 Å². The summed E-state index contributed by atoms with van der Waals surface area (Å²) in [5, 5.41) is 6.45. The molecule has 1 amide bonds. The summed E-state index contributed by atoms with van der Waals surface area (Å²) in [4.78, 5) is 13.9. The number of nitrogens with one attached hydrogen (secondary N) is 2. The van der Waals surface area contributed by atoms with Crippen molar-refractivity contribution in [3.63, 3.8) is 0 Å².